The van der Waals surface area contributed by atoms with E-state index in [0.29, 0.717) is 41.7 Å². The Bertz CT molecular complexity index is 989. The van der Waals surface area contributed by atoms with Gasteiger partial charge in [-0.2, -0.15) is 0 Å². The molecule has 10 heteroatoms. The number of aromatic amines is 1. The summed E-state index contributed by atoms with van der Waals surface area (Å²) in [4.78, 5) is 30.5. The Balaban J connectivity index is 1.57. The molecule has 2 atom stereocenters. The molecule has 2 saturated heterocycles. The van der Waals surface area contributed by atoms with Crippen LogP contribution in [0.1, 0.15) is 58.8 Å². The lowest BCUT2D eigenvalue weighted by Gasteiger charge is -2.28. The minimum atomic E-state index is -0.392. The zero-order chi connectivity index (χ0) is 22.8. The molecule has 0 radical (unpaired) electrons. The van der Waals surface area contributed by atoms with E-state index >= 15 is 0 Å². The Morgan fingerprint density at radius 3 is 2.59 bits per heavy atom. The summed E-state index contributed by atoms with van der Waals surface area (Å²) in [5.41, 5.74) is 2.53. The maximum Gasteiger partial charge on any atom is 0.228 e. The van der Waals surface area contributed by atoms with Crippen molar-refractivity contribution in [3.8, 4) is 0 Å². The first-order chi connectivity index (χ1) is 15.4. The van der Waals surface area contributed by atoms with Gasteiger partial charge >= 0.3 is 0 Å². The summed E-state index contributed by atoms with van der Waals surface area (Å²) in [6.07, 6.45) is 2.19. The predicted octanol–water partition coefficient (Wildman–Crippen LogP) is 2.80. The number of anilines is 1. The van der Waals surface area contributed by atoms with Crippen LogP contribution in [0.4, 0.5) is 5.95 Å². The lowest BCUT2D eigenvalue weighted by Crippen LogP contribution is -2.38. The van der Waals surface area contributed by atoms with E-state index < -0.39 is 5.25 Å². The van der Waals surface area contributed by atoms with Crippen LogP contribution in [0.15, 0.2) is 5.16 Å². The fourth-order valence-electron chi connectivity index (χ4n) is 4.46. The van der Waals surface area contributed by atoms with Crippen LogP contribution in [0.25, 0.3) is 0 Å². The molecular weight excluding hydrogens is 430 g/mol. The monoisotopic (exact) mass is 461 g/mol. The Morgan fingerprint density at radius 1 is 1.22 bits per heavy atom. The SMILES string of the molecule is CC(=O)c1c(C)[nH]c(C(=O)C(C)Sc2nnc(N3CCOCC3)n2CC2CCCO2)c1C. The number of Topliss-reactive ketones (excluding diaryl/α,β-unsaturated/α-hetero) is 2. The molecule has 4 rings (SSSR count). The average Bonchev–Trinajstić information content (AvgIpc) is 3.49. The van der Waals surface area contributed by atoms with Crippen LogP contribution in [0.2, 0.25) is 0 Å². The van der Waals surface area contributed by atoms with Gasteiger partial charge in [0.2, 0.25) is 5.95 Å². The fraction of sp³-hybridized carbons (Fsp3) is 0.636. The first-order valence-electron chi connectivity index (χ1n) is 11.1. The number of ether oxygens (including phenoxy) is 2. The number of carbonyl (C=O) groups excluding carboxylic acids is 2. The summed E-state index contributed by atoms with van der Waals surface area (Å²) in [6, 6.07) is 0. The number of ketones is 2. The van der Waals surface area contributed by atoms with Gasteiger partial charge in [-0.25, -0.2) is 0 Å². The molecule has 0 aliphatic carbocycles. The second-order valence-electron chi connectivity index (χ2n) is 8.43. The Hall–Kier alpha value is -2.17. The molecule has 2 fully saturated rings. The third-order valence-corrected chi connectivity index (χ3v) is 7.17. The summed E-state index contributed by atoms with van der Waals surface area (Å²) in [7, 11) is 0. The molecule has 2 unspecified atom stereocenters. The van der Waals surface area contributed by atoms with Crippen molar-refractivity contribution in [2.24, 2.45) is 0 Å². The number of nitrogens with zero attached hydrogens (tertiary/aromatic N) is 4. The Morgan fingerprint density at radius 2 is 1.97 bits per heavy atom. The molecular formula is C22H31N5O4S. The van der Waals surface area contributed by atoms with E-state index in [1.54, 1.807) is 0 Å². The highest BCUT2D eigenvalue weighted by atomic mass is 32.2. The second kappa shape index (κ2) is 9.76. The van der Waals surface area contributed by atoms with Gasteiger partial charge in [0.15, 0.2) is 16.7 Å². The van der Waals surface area contributed by atoms with Gasteiger partial charge in [0, 0.05) is 31.0 Å². The lowest BCUT2D eigenvalue weighted by atomic mass is 10.0. The number of nitrogens with one attached hydrogen (secondary N) is 1. The Kier molecular flexibility index (Phi) is 7.02. The molecule has 0 spiro atoms. The molecule has 2 aliphatic heterocycles. The highest BCUT2D eigenvalue weighted by molar-refractivity contribution is 8.00. The summed E-state index contributed by atoms with van der Waals surface area (Å²) >= 11 is 1.39. The van der Waals surface area contributed by atoms with Crippen molar-refractivity contribution in [2.75, 3.05) is 37.8 Å². The van der Waals surface area contributed by atoms with Crippen LogP contribution in [-0.2, 0) is 16.0 Å². The van der Waals surface area contributed by atoms with E-state index in [1.807, 2.05) is 20.8 Å². The Labute approximate surface area is 192 Å². The first kappa shape index (κ1) is 23.0. The van der Waals surface area contributed by atoms with Crippen LogP contribution in [0.5, 0.6) is 0 Å². The molecule has 174 valence electrons. The third-order valence-electron chi connectivity index (χ3n) is 6.09. The lowest BCUT2D eigenvalue weighted by molar-refractivity contribution is 0.0941. The van der Waals surface area contributed by atoms with Crippen molar-refractivity contribution in [2.45, 2.75) is 63.6 Å². The average molecular weight is 462 g/mol. The molecule has 32 heavy (non-hydrogen) atoms. The number of hydrogen-bond donors (Lipinski definition) is 1. The number of H-pyrrole nitrogens is 1. The highest BCUT2D eigenvalue weighted by Crippen LogP contribution is 2.30. The summed E-state index contributed by atoms with van der Waals surface area (Å²) < 4.78 is 13.4. The van der Waals surface area contributed by atoms with E-state index in [9.17, 15) is 9.59 Å². The van der Waals surface area contributed by atoms with Crippen molar-refractivity contribution >= 4 is 29.3 Å². The summed E-state index contributed by atoms with van der Waals surface area (Å²) in [6.45, 7) is 11.3. The van der Waals surface area contributed by atoms with Gasteiger partial charge in [0.05, 0.1) is 36.8 Å². The van der Waals surface area contributed by atoms with Gasteiger partial charge in [0.25, 0.3) is 0 Å². The molecule has 0 aromatic carbocycles. The number of carbonyl (C=O) groups is 2. The normalized spacial score (nSPS) is 20.0. The minimum Gasteiger partial charge on any atom is -0.378 e. The van der Waals surface area contributed by atoms with Crippen molar-refractivity contribution in [3.05, 3.63) is 22.5 Å². The number of rotatable bonds is 8. The predicted molar refractivity (Wildman–Crippen MR) is 122 cm³/mol. The van der Waals surface area contributed by atoms with Crippen LogP contribution in [-0.4, -0.2) is 75.6 Å². The van der Waals surface area contributed by atoms with Gasteiger partial charge in [0.1, 0.15) is 0 Å². The molecule has 1 N–H and O–H groups in total. The van der Waals surface area contributed by atoms with Crippen molar-refractivity contribution in [3.63, 3.8) is 0 Å². The van der Waals surface area contributed by atoms with Crippen LogP contribution in [0.3, 0.4) is 0 Å². The molecule has 4 heterocycles. The third kappa shape index (κ3) is 4.62. The van der Waals surface area contributed by atoms with Gasteiger partial charge in [-0.3, -0.25) is 14.2 Å². The second-order valence-corrected chi connectivity index (χ2v) is 9.74. The maximum absolute atomic E-state index is 13.2. The van der Waals surface area contributed by atoms with Gasteiger partial charge < -0.3 is 19.4 Å². The standard InChI is InChI=1S/C22H31N5O4S/c1-13-18(15(3)28)14(2)23-19(13)20(29)16(4)32-22-25-24-21(26-7-10-30-11-8-26)27(22)12-17-6-5-9-31-17/h16-17,23H,5-12H2,1-4H3. The van der Waals surface area contributed by atoms with E-state index in [-0.39, 0.29) is 17.7 Å². The largest absolute Gasteiger partial charge is 0.378 e. The molecule has 0 amide bonds. The van der Waals surface area contributed by atoms with Crippen molar-refractivity contribution in [1.29, 1.82) is 0 Å². The highest BCUT2D eigenvalue weighted by Gasteiger charge is 2.29. The molecule has 2 aliphatic rings. The van der Waals surface area contributed by atoms with E-state index in [4.69, 9.17) is 9.47 Å². The molecule has 0 bridgehead atoms. The first-order valence-corrected chi connectivity index (χ1v) is 12.0. The van der Waals surface area contributed by atoms with Crippen LogP contribution in [0, 0.1) is 13.8 Å². The van der Waals surface area contributed by atoms with E-state index in [0.717, 1.165) is 44.2 Å². The van der Waals surface area contributed by atoms with Gasteiger partial charge in [-0.1, -0.05) is 11.8 Å². The molecule has 2 aromatic rings. The zero-order valence-electron chi connectivity index (χ0n) is 19.1. The van der Waals surface area contributed by atoms with Crippen LogP contribution >= 0.6 is 11.8 Å². The molecule has 2 aromatic heterocycles. The van der Waals surface area contributed by atoms with E-state index in [1.165, 1.54) is 18.7 Å². The zero-order valence-corrected chi connectivity index (χ0v) is 20.0. The smallest absolute Gasteiger partial charge is 0.228 e. The summed E-state index contributed by atoms with van der Waals surface area (Å²) in [5.74, 6) is 0.710. The van der Waals surface area contributed by atoms with Gasteiger partial charge in [-0.05, 0) is 46.1 Å². The maximum atomic E-state index is 13.2. The van der Waals surface area contributed by atoms with Crippen molar-refractivity contribution in [1.82, 2.24) is 19.7 Å². The topological polar surface area (TPSA) is 102 Å². The molecule has 0 saturated carbocycles. The number of morpholine rings is 1. The number of hydrogen-bond acceptors (Lipinski definition) is 8. The number of aryl methyl sites for hydroxylation is 1. The molecule has 9 nitrogen and oxygen atoms in total. The van der Waals surface area contributed by atoms with Gasteiger partial charge in [-0.15, -0.1) is 10.2 Å². The van der Waals surface area contributed by atoms with Crippen molar-refractivity contribution < 1.29 is 19.1 Å². The minimum absolute atomic E-state index is 0.0398. The van der Waals surface area contributed by atoms with E-state index in [2.05, 4.69) is 24.6 Å². The fourth-order valence-corrected chi connectivity index (χ4v) is 5.37. The summed E-state index contributed by atoms with van der Waals surface area (Å²) in [5, 5.41) is 9.23. The number of thioether (sulfide) groups is 1. The van der Waals surface area contributed by atoms with Crippen LogP contribution < -0.4 is 4.90 Å². The quantitative estimate of drug-likeness (QED) is 0.473. The number of aromatic nitrogens is 4.